The van der Waals surface area contributed by atoms with Crippen molar-refractivity contribution in [3.63, 3.8) is 0 Å². The summed E-state index contributed by atoms with van der Waals surface area (Å²) in [5, 5.41) is 10.7. The van der Waals surface area contributed by atoms with E-state index in [0.29, 0.717) is 6.42 Å². The third kappa shape index (κ3) is 1.68. The summed E-state index contributed by atoms with van der Waals surface area (Å²) < 4.78 is 0. The molecule has 18 heavy (non-hydrogen) atoms. The van der Waals surface area contributed by atoms with Gasteiger partial charge in [0.1, 0.15) is 0 Å². The van der Waals surface area contributed by atoms with Gasteiger partial charge < -0.3 is 9.90 Å². The molecule has 0 N–H and O–H groups in total. The number of imide groups is 1. The van der Waals surface area contributed by atoms with Crippen LogP contribution in [-0.2, 0) is 0 Å². The normalized spacial score (nSPS) is 15.8. The first kappa shape index (κ1) is 12.3. The lowest BCUT2D eigenvalue weighted by molar-refractivity contribution is -0.255. The van der Waals surface area contributed by atoms with Crippen LogP contribution < -0.4 is 5.11 Å². The maximum atomic E-state index is 12.1. The molecule has 0 unspecified atom stereocenters. The molecular formula is C13H12NO4-. The summed E-state index contributed by atoms with van der Waals surface area (Å²) in [5.74, 6) is -2.17. The van der Waals surface area contributed by atoms with Crippen LogP contribution in [0.2, 0.25) is 0 Å². The number of hydrogen-bond donors (Lipinski definition) is 0. The number of rotatable bonds is 3. The Hall–Kier alpha value is -2.17. The zero-order valence-electron chi connectivity index (χ0n) is 10.1. The number of carbonyl (C=O) groups excluding carboxylic acids is 3. The van der Waals surface area contributed by atoms with Crippen molar-refractivity contribution >= 4 is 17.8 Å². The van der Waals surface area contributed by atoms with Crippen LogP contribution in [-0.4, -0.2) is 28.7 Å². The van der Waals surface area contributed by atoms with E-state index in [2.05, 4.69) is 0 Å². The van der Waals surface area contributed by atoms with E-state index in [4.69, 9.17) is 0 Å². The number of carboxylic acid groups (broad SMARTS) is 1. The highest BCUT2D eigenvalue weighted by Crippen LogP contribution is 2.26. The van der Waals surface area contributed by atoms with Crippen molar-refractivity contribution in [3.05, 3.63) is 34.9 Å². The molecule has 1 heterocycles. The fourth-order valence-corrected chi connectivity index (χ4v) is 1.97. The first-order valence-electron chi connectivity index (χ1n) is 5.70. The Morgan fingerprint density at radius 2 is 1.89 bits per heavy atom. The van der Waals surface area contributed by atoms with Crippen molar-refractivity contribution in [1.29, 1.82) is 0 Å². The molecule has 0 aliphatic carbocycles. The topological polar surface area (TPSA) is 77.5 Å². The maximum Gasteiger partial charge on any atom is 0.261 e. The van der Waals surface area contributed by atoms with Gasteiger partial charge in [-0.3, -0.25) is 14.5 Å². The fourth-order valence-electron chi connectivity index (χ4n) is 1.97. The Labute approximate surface area is 104 Å². The smallest absolute Gasteiger partial charge is 0.261 e. The van der Waals surface area contributed by atoms with E-state index >= 15 is 0 Å². The second kappa shape index (κ2) is 4.25. The molecule has 0 radical (unpaired) electrons. The zero-order chi connectivity index (χ0) is 13.4. The van der Waals surface area contributed by atoms with Gasteiger partial charge in [0, 0.05) is 6.04 Å². The molecule has 1 aromatic carbocycles. The molecule has 1 atom stereocenters. The molecule has 0 aromatic heterocycles. The molecular weight excluding hydrogens is 234 g/mol. The number of aromatic carboxylic acids is 1. The molecule has 0 saturated heterocycles. The molecule has 94 valence electrons. The van der Waals surface area contributed by atoms with E-state index in [0.717, 1.165) is 0 Å². The van der Waals surface area contributed by atoms with Gasteiger partial charge in [-0.15, -0.1) is 0 Å². The van der Waals surface area contributed by atoms with Crippen molar-refractivity contribution in [2.24, 2.45) is 0 Å². The zero-order valence-corrected chi connectivity index (χ0v) is 10.1. The van der Waals surface area contributed by atoms with Gasteiger partial charge in [0.2, 0.25) is 0 Å². The summed E-state index contributed by atoms with van der Waals surface area (Å²) in [5.41, 5.74) is 0.299. The molecule has 1 aliphatic heterocycles. The lowest BCUT2D eigenvalue weighted by Crippen LogP contribution is -2.37. The van der Waals surface area contributed by atoms with Gasteiger partial charge in [0.15, 0.2) is 0 Å². The summed E-state index contributed by atoms with van der Waals surface area (Å²) >= 11 is 0. The van der Waals surface area contributed by atoms with Crippen LogP contribution in [0, 0.1) is 0 Å². The van der Waals surface area contributed by atoms with E-state index in [9.17, 15) is 19.5 Å². The van der Waals surface area contributed by atoms with Crippen LogP contribution in [0.5, 0.6) is 0 Å². The quantitative estimate of drug-likeness (QED) is 0.725. The van der Waals surface area contributed by atoms with Gasteiger partial charge in [-0.2, -0.15) is 0 Å². The first-order valence-corrected chi connectivity index (χ1v) is 5.70. The molecule has 5 heteroatoms. The van der Waals surface area contributed by atoms with Crippen molar-refractivity contribution in [3.8, 4) is 0 Å². The lowest BCUT2D eigenvalue weighted by atomic mass is 10.1. The summed E-state index contributed by atoms with van der Waals surface area (Å²) in [4.78, 5) is 36.0. The Balaban J connectivity index is 2.49. The van der Waals surface area contributed by atoms with Crippen molar-refractivity contribution in [1.82, 2.24) is 4.90 Å². The van der Waals surface area contributed by atoms with Crippen LogP contribution in [0.4, 0.5) is 0 Å². The van der Waals surface area contributed by atoms with Crippen molar-refractivity contribution in [2.45, 2.75) is 26.3 Å². The summed E-state index contributed by atoms with van der Waals surface area (Å²) in [6, 6.07) is 3.64. The van der Waals surface area contributed by atoms with Gasteiger partial charge in [0.05, 0.1) is 17.1 Å². The number of hydrogen-bond acceptors (Lipinski definition) is 4. The van der Waals surface area contributed by atoms with E-state index < -0.39 is 11.9 Å². The minimum atomic E-state index is -1.36. The highest BCUT2D eigenvalue weighted by Gasteiger charge is 2.37. The Bertz CT molecular complexity index is 550. The summed E-state index contributed by atoms with van der Waals surface area (Å²) in [6.07, 6.45) is 0.652. The molecule has 0 saturated carbocycles. The largest absolute Gasteiger partial charge is 0.545 e. The Kier molecular flexibility index (Phi) is 2.90. The number of amides is 2. The van der Waals surface area contributed by atoms with Gasteiger partial charge in [-0.1, -0.05) is 13.0 Å². The first-order chi connectivity index (χ1) is 8.47. The molecule has 2 rings (SSSR count). The van der Waals surface area contributed by atoms with E-state index in [1.165, 1.54) is 23.1 Å². The molecule has 0 spiro atoms. The summed E-state index contributed by atoms with van der Waals surface area (Å²) in [6.45, 7) is 3.65. The molecule has 1 aromatic rings. The number of fused-ring (bicyclic) bond motifs is 1. The molecule has 5 nitrogen and oxygen atoms in total. The van der Waals surface area contributed by atoms with Gasteiger partial charge in [0.25, 0.3) is 11.8 Å². The van der Waals surface area contributed by atoms with Crippen molar-refractivity contribution in [2.75, 3.05) is 0 Å². The second-order valence-electron chi connectivity index (χ2n) is 4.29. The Morgan fingerprint density at radius 1 is 1.28 bits per heavy atom. The van der Waals surface area contributed by atoms with Gasteiger partial charge in [-0.25, -0.2) is 0 Å². The summed E-state index contributed by atoms with van der Waals surface area (Å²) in [7, 11) is 0. The highest BCUT2D eigenvalue weighted by atomic mass is 16.4. The second-order valence-corrected chi connectivity index (χ2v) is 4.29. The predicted octanol–water partition coefficient (Wildman–Crippen LogP) is 0.445. The molecule has 0 fully saturated rings. The molecule has 0 bridgehead atoms. The Morgan fingerprint density at radius 3 is 2.44 bits per heavy atom. The van der Waals surface area contributed by atoms with Gasteiger partial charge in [-0.05, 0) is 31.0 Å². The highest BCUT2D eigenvalue weighted by molar-refractivity contribution is 6.22. The molecule has 2 amide bonds. The number of benzene rings is 1. The third-order valence-electron chi connectivity index (χ3n) is 3.19. The van der Waals surface area contributed by atoms with E-state index in [-0.39, 0.29) is 28.6 Å². The minimum Gasteiger partial charge on any atom is -0.545 e. The number of carbonyl (C=O) groups is 3. The molecule has 1 aliphatic rings. The van der Waals surface area contributed by atoms with Gasteiger partial charge >= 0.3 is 0 Å². The van der Waals surface area contributed by atoms with Crippen LogP contribution in [0.25, 0.3) is 0 Å². The standard InChI is InChI=1S/C13H13NO4/c1-3-7(2)14-11(15)9-5-4-8(13(17)18)6-10(9)12(14)16/h4-7H,3H2,1-2H3,(H,17,18)/p-1/t7-/m0/s1. The van der Waals surface area contributed by atoms with E-state index in [1.54, 1.807) is 6.92 Å². The van der Waals surface area contributed by atoms with Crippen LogP contribution >= 0.6 is 0 Å². The van der Waals surface area contributed by atoms with E-state index in [1.807, 2.05) is 6.92 Å². The predicted molar refractivity (Wildman–Crippen MR) is 61.0 cm³/mol. The SMILES string of the molecule is CC[C@H](C)N1C(=O)c2ccc(C(=O)[O-])cc2C1=O. The monoisotopic (exact) mass is 246 g/mol. The third-order valence-corrected chi connectivity index (χ3v) is 3.19. The van der Waals surface area contributed by atoms with Crippen molar-refractivity contribution < 1.29 is 19.5 Å². The minimum absolute atomic E-state index is 0.0964. The lowest BCUT2D eigenvalue weighted by Gasteiger charge is -2.20. The van der Waals surface area contributed by atoms with Crippen LogP contribution in [0.3, 0.4) is 0 Å². The average molecular weight is 246 g/mol. The fraction of sp³-hybridized carbons (Fsp3) is 0.308. The number of nitrogens with zero attached hydrogens (tertiary/aromatic N) is 1. The average Bonchev–Trinajstić information content (AvgIpc) is 2.61. The number of carboxylic acids is 1. The maximum absolute atomic E-state index is 12.1. The van der Waals surface area contributed by atoms with Crippen LogP contribution in [0.1, 0.15) is 51.3 Å². The van der Waals surface area contributed by atoms with Crippen LogP contribution in [0.15, 0.2) is 18.2 Å².